The molecule has 0 aliphatic carbocycles. The minimum Gasteiger partial charge on any atom is -0.339 e. The number of sulfone groups is 1. The molecular weight excluding hydrogens is 314 g/mol. The second-order valence-corrected chi connectivity index (χ2v) is 8.51. The largest absolute Gasteiger partial charge is 0.339 e. The van der Waals surface area contributed by atoms with Crippen molar-refractivity contribution in [3.8, 4) is 0 Å². The predicted octanol–water partition coefficient (Wildman–Crippen LogP) is 1.97. The van der Waals surface area contributed by atoms with Crippen LogP contribution in [0.25, 0.3) is 0 Å². The van der Waals surface area contributed by atoms with Crippen LogP contribution in [0.2, 0.25) is 0 Å². The molecule has 0 atom stereocenters. The van der Waals surface area contributed by atoms with Crippen molar-refractivity contribution in [2.75, 3.05) is 18.8 Å². The molecule has 1 heterocycles. The Morgan fingerprint density at radius 3 is 2.43 bits per heavy atom. The molecule has 2 aromatic rings. The zero-order valence-electron chi connectivity index (χ0n) is 13.7. The van der Waals surface area contributed by atoms with Gasteiger partial charge in [0.1, 0.15) is 0 Å². The maximum atomic E-state index is 12.1. The third kappa shape index (κ3) is 5.14. The lowest BCUT2D eigenvalue weighted by Crippen LogP contribution is -2.25. The molecule has 6 nitrogen and oxygen atoms in total. The SMILES string of the molecule is CC(C)(C)c1nc(CCNCCS(=O)(=O)c2ccccc2)no1. The highest BCUT2D eigenvalue weighted by Crippen LogP contribution is 2.19. The fraction of sp³-hybridized carbons (Fsp3) is 0.500. The van der Waals surface area contributed by atoms with E-state index in [0.29, 0.717) is 36.1 Å². The van der Waals surface area contributed by atoms with Crippen molar-refractivity contribution in [2.45, 2.75) is 37.5 Å². The Kier molecular flexibility index (Phi) is 5.54. The van der Waals surface area contributed by atoms with Gasteiger partial charge in [0.15, 0.2) is 15.7 Å². The standard InChI is InChI=1S/C16H23N3O3S/c1-16(2,3)15-18-14(19-22-15)9-10-17-11-12-23(20,21)13-7-5-4-6-8-13/h4-8,17H,9-12H2,1-3H3. The Labute approximate surface area is 137 Å². The molecular formula is C16H23N3O3S. The van der Waals surface area contributed by atoms with E-state index in [4.69, 9.17) is 4.52 Å². The normalized spacial score (nSPS) is 12.5. The number of hydrogen-bond donors (Lipinski definition) is 1. The van der Waals surface area contributed by atoms with Gasteiger partial charge in [-0.15, -0.1) is 0 Å². The second kappa shape index (κ2) is 7.23. The van der Waals surface area contributed by atoms with Crippen LogP contribution in [0, 0.1) is 0 Å². The van der Waals surface area contributed by atoms with Crippen molar-refractivity contribution in [3.63, 3.8) is 0 Å². The van der Waals surface area contributed by atoms with Crippen molar-refractivity contribution >= 4 is 9.84 Å². The van der Waals surface area contributed by atoms with Gasteiger partial charge >= 0.3 is 0 Å². The summed E-state index contributed by atoms with van der Waals surface area (Å²) in [4.78, 5) is 4.70. The molecule has 0 fully saturated rings. The number of benzene rings is 1. The van der Waals surface area contributed by atoms with E-state index in [-0.39, 0.29) is 11.2 Å². The smallest absolute Gasteiger partial charge is 0.232 e. The van der Waals surface area contributed by atoms with Crippen LogP contribution in [-0.2, 0) is 21.7 Å². The van der Waals surface area contributed by atoms with Crippen molar-refractivity contribution in [1.29, 1.82) is 0 Å². The Balaban J connectivity index is 1.75. The number of aromatic nitrogens is 2. The fourth-order valence-corrected chi connectivity index (χ4v) is 3.16. The summed E-state index contributed by atoms with van der Waals surface area (Å²) in [5.74, 6) is 1.31. The molecule has 0 saturated heterocycles. The summed E-state index contributed by atoms with van der Waals surface area (Å²) in [6, 6.07) is 8.48. The Morgan fingerprint density at radius 1 is 1.13 bits per heavy atom. The molecule has 0 bridgehead atoms. The maximum absolute atomic E-state index is 12.1. The monoisotopic (exact) mass is 337 g/mol. The Hall–Kier alpha value is -1.73. The van der Waals surface area contributed by atoms with E-state index in [2.05, 4.69) is 15.5 Å². The molecule has 23 heavy (non-hydrogen) atoms. The summed E-state index contributed by atoms with van der Waals surface area (Å²) in [7, 11) is -3.23. The predicted molar refractivity (Wildman–Crippen MR) is 88.1 cm³/mol. The van der Waals surface area contributed by atoms with Gasteiger partial charge in [0.2, 0.25) is 5.89 Å². The second-order valence-electron chi connectivity index (χ2n) is 6.40. The summed E-state index contributed by atoms with van der Waals surface area (Å²) in [6.07, 6.45) is 0.602. The molecule has 0 aliphatic heterocycles. The van der Waals surface area contributed by atoms with Crippen LogP contribution in [0.15, 0.2) is 39.8 Å². The van der Waals surface area contributed by atoms with E-state index in [1.54, 1.807) is 30.3 Å². The first-order valence-electron chi connectivity index (χ1n) is 7.60. The lowest BCUT2D eigenvalue weighted by Gasteiger charge is -2.10. The molecule has 2 rings (SSSR count). The van der Waals surface area contributed by atoms with Crippen molar-refractivity contribution in [1.82, 2.24) is 15.5 Å². The molecule has 0 unspecified atom stereocenters. The van der Waals surface area contributed by atoms with Gasteiger partial charge in [0.05, 0.1) is 10.6 Å². The topological polar surface area (TPSA) is 85.1 Å². The van der Waals surface area contributed by atoms with Crippen molar-refractivity contribution in [2.24, 2.45) is 0 Å². The molecule has 7 heteroatoms. The summed E-state index contributed by atoms with van der Waals surface area (Å²) < 4.78 is 29.4. The summed E-state index contributed by atoms with van der Waals surface area (Å²) in [6.45, 7) is 7.03. The molecule has 1 aromatic carbocycles. The number of hydrogen-bond acceptors (Lipinski definition) is 6. The molecule has 1 N–H and O–H groups in total. The molecule has 0 amide bonds. The van der Waals surface area contributed by atoms with E-state index in [1.807, 2.05) is 20.8 Å². The molecule has 0 radical (unpaired) electrons. The Bertz CT molecular complexity index is 719. The van der Waals surface area contributed by atoms with E-state index in [9.17, 15) is 8.42 Å². The van der Waals surface area contributed by atoms with E-state index >= 15 is 0 Å². The van der Waals surface area contributed by atoms with Gasteiger partial charge in [0, 0.05) is 24.9 Å². The highest BCUT2D eigenvalue weighted by molar-refractivity contribution is 7.91. The summed E-state index contributed by atoms with van der Waals surface area (Å²) in [5, 5.41) is 7.04. The fourth-order valence-electron chi connectivity index (χ4n) is 1.94. The third-order valence-corrected chi connectivity index (χ3v) is 5.02. The maximum Gasteiger partial charge on any atom is 0.232 e. The van der Waals surface area contributed by atoms with Gasteiger partial charge in [0.25, 0.3) is 0 Å². The third-order valence-electron chi connectivity index (χ3n) is 3.28. The van der Waals surface area contributed by atoms with Crippen molar-refractivity contribution in [3.05, 3.63) is 42.0 Å². The van der Waals surface area contributed by atoms with Gasteiger partial charge in [-0.05, 0) is 12.1 Å². The van der Waals surface area contributed by atoms with Gasteiger partial charge in [-0.2, -0.15) is 4.98 Å². The van der Waals surface area contributed by atoms with Gasteiger partial charge in [-0.1, -0.05) is 44.1 Å². The van der Waals surface area contributed by atoms with Crippen molar-refractivity contribution < 1.29 is 12.9 Å². The van der Waals surface area contributed by atoms with E-state index in [0.717, 1.165) is 0 Å². The lowest BCUT2D eigenvalue weighted by molar-refractivity contribution is 0.318. The van der Waals surface area contributed by atoms with Crippen LogP contribution in [0.3, 0.4) is 0 Å². The number of nitrogens with one attached hydrogen (secondary N) is 1. The summed E-state index contributed by atoms with van der Waals surface area (Å²) in [5.41, 5.74) is -0.164. The average molecular weight is 337 g/mol. The first-order chi connectivity index (χ1) is 10.8. The van der Waals surface area contributed by atoms with Crippen LogP contribution in [0.5, 0.6) is 0 Å². The number of rotatable bonds is 7. The zero-order valence-corrected chi connectivity index (χ0v) is 14.6. The molecule has 1 aromatic heterocycles. The van der Waals surface area contributed by atoms with E-state index in [1.165, 1.54) is 0 Å². The van der Waals surface area contributed by atoms with Gasteiger partial charge < -0.3 is 9.84 Å². The van der Waals surface area contributed by atoms with Crippen LogP contribution in [0.1, 0.15) is 32.5 Å². The number of nitrogens with zero attached hydrogens (tertiary/aromatic N) is 2. The average Bonchev–Trinajstić information content (AvgIpc) is 2.97. The summed E-state index contributed by atoms with van der Waals surface area (Å²) >= 11 is 0. The quantitative estimate of drug-likeness (QED) is 0.778. The molecule has 0 saturated carbocycles. The zero-order chi connectivity index (χ0) is 16.9. The minimum atomic E-state index is -3.23. The lowest BCUT2D eigenvalue weighted by atomic mass is 9.97. The minimum absolute atomic E-state index is 0.0660. The first-order valence-corrected chi connectivity index (χ1v) is 9.26. The highest BCUT2D eigenvalue weighted by Gasteiger charge is 2.21. The first kappa shape index (κ1) is 17.6. The Morgan fingerprint density at radius 2 is 1.83 bits per heavy atom. The van der Waals surface area contributed by atoms with Gasteiger partial charge in [-0.25, -0.2) is 8.42 Å². The van der Waals surface area contributed by atoms with Crippen LogP contribution < -0.4 is 5.32 Å². The molecule has 0 spiro atoms. The van der Waals surface area contributed by atoms with Gasteiger partial charge in [-0.3, -0.25) is 0 Å². The molecule has 126 valence electrons. The van der Waals surface area contributed by atoms with Crippen LogP contribution in [0.4, 0.5) is 0 Å². The highest BCUT2D eigenvalue weighted by atomic mass is 32.2. The molecule has 0 aliphatic rings. The van der Waals surface area contributed by atoms with Crippen LogP contribution >= 0.6 is 0 Å². The van der Waals surface area contributed by atoms with E-state index < -0.39 is 9.84 Å². The van der Waals surface area contributed by atoms with Crippen LogP contribution in [-0.4, -0.2) is 37.4 Å².